The van der Waals surface area contributed by atoms with Gasteiger partial charge in [0.1, 0.15) is 17.3 Å². The lowest BCUT2D eigenvalue weighted by molar-refractivity contribution is -0.136. The SMILES string of the molecule is CC(=O)C(=O)CCC(=O)C1CCC2C(=O)CCCCC(=O)CCC2C1. The molecule has 0 aliphatic heterocycles. The van der Waals surface area contributed by atoms with E-state index in [0.29, 0.717) is 44.9 Å². The van der Waals surface area contributed by atoms with Gasteiger partial charge in [0.2, 0.25) is 0 Å². The van der Waals surface area contributed by atoms with Crippen LogP contribution in [0.3, 0.4) is 0 Å². The molecule has 0 saturated heterocycles. The van der Waals surface area contributed by atoms with Crippen LogP contribution in [0.15, 0.2) is 0 Å². The van der Waals surface area contributed by atoms with Crippen molar-refractivity contribution in [1.29, 1.82) is 0 Å². The summed E-state index contributed by atoms with van der Waals surface area (Å²) in [6.07, 6.45) is 5.96. The van der Waals surface area contributed by atoms with Gasteiger partial charge in [0.15, 0.2) is 11.6 Å². The summed E-state index contributed by atoms with van der Waals surface area (Å²) in [5, 5.41) is 0. The Kier molecular flexibility index (Phi) is 7.21. The van der Waals surface area contributed by atoms with E-state index in [1.54, 1.807) is 0 Å². The molecular weight excluding hydrogens is 320 g/mol. The summed E-state index contributed by atoms with van der Waals surface area (Å²) in [6.45, 7) is 1.22. The quantitative estimate of drug-likeness (QED) is 0.713. The van der Waals surface area contributed by atoms with Gasteiger partial charge >= 0.3 is 0 Å². The number of ketones is 5. The summed E-state index contributed by atoms with van der Waals surface area (Å²) in [5.74, 6) is -0.509. The highest BCUT2D eigenvalue weighted by molar-refractivity contribution is 6.36. The second-order valence-electron chi connectivity index (χ2n) is 7.57. The molecular formula is C20H28O5. The predicted octanol–water partition coefficient (Wildman–Crippen LogP) is 3.02. The van der Waals surface area contributed by atoms with Crippen molar-refractivity contribution < 1.29 is 24.0 Å². The monoisotopic (exact) mass is 348 g/mol. The van der Waals surface area contributed by atoms with Gasteiger partial charge in [0, 0.05) is 50.9 Å². The minimum absolute atomic E-state index is 0.0175. The summed E-state index contributed by atoms with van der Waals surface area (Å²) in [7, 11) is 0. The molecule has 0 aromatic rings. The molecule has 3 unspecified atom stereocenters. The molecule has 2 fully saturated rings. The van der Waals surface area contributed by atoms with Crippen LogP contribution in [0.5, 0.6) is 0 Å². The summed E-state index contributed by atoms with van der Waals surface area (Å²) in [4.78, 5) is 59.2. The smallest absolute Gasteiger partial charge is 0.198 e. The second-order valence-corrected chi connectivity index (χ2v) is 7.57. The van der Waals surface area contributed by atoms with Gasteiger partial charge < -0.3 is 0 Å². The first-order valence-electron chi connectivity index (χ1n) is 9.49. The fourth-order valence-corrected chi connectivity index (χ4v) is 4.19. The molecule has 0 aromatic carbocycles. The van der Waals surface area contributed by atoms with E-state index in [9.17, 15) is 24.0 Å². The first-order valence-corrected chi connectivity index (χ1v) is 9.49. The van der Waals surface area contributed by atoms with Gasteiger partial charge in [0.05, 0.1) is 0 Å². The Morgan fingerprint density at radius 1 is 0.920 bits per heavy atom. The molecule has 0 N–H and O–H groups in total. The van der Waals surface area contributed by atoms with E-state index in [4.69, 9.17) is 0 Å². The molecule has 0 aromatic heterocycles. The highest BCUT2D eigenvalue weighted by Crippen LogP contribution is 2.39. The lowest BCUT2D eigenvalue weighted by Crippen LogP contribution is -2.34. The van der Waals surface area contributed by atoms with Gasteiger partial charge in [-0.3, -0.25) is 24.0 Å². The Hall–Kier alpha value is -1.65. The van der Waals surface area contributed by atoms with E-state index in [-0.39, 0.29) is 47.9 Å². The zero-order valence-electron chi connectivity index (χ0n) is 15.1. The third-order valence-corrected chi connectivity index (χ3v) is 5.77. The lowest BCUT2D eigenvalue weighted by Gasteiger charge is -2.35. The maximum Gasteiger partial charge on any atom is 0.198 e. The Balaban J connectivity index is 1.96. The minimum atomic E-state index is -0.507. The molecule has 0 heterocycles. The van der Waals surface area contributed by atoms with Crippen LogP contribution in [0.1, 0.15) is 77.6 Å². The summed E-state index contributed by atoms with van der Waals surface area (Å²) >= 11 is 0. The Morgan fingerprint density at radius 3 is 2.36 bits per heavy atom. The van der Waals surface area contributed by atoms with E-state index in [2.05, 4.69) is 0 Å². The second kappa shape index (κ2) is 9.16. The van der Waals surface area contributed by atoms with Crippen molar-refractivity contribution in [1.82, 2.24) is 0 Å². The standard InChI is InChI=1S/C20H28O5/c1-13(21)18(23)10-11-19(24)15-7-9-17-14(12-15)6-8-16(22)4-2-3-5-20(17)25/h14-15,17H,2-12H2,1H3. The molecule has 3 atom stereocenters. The fraction of sp³-hybridized carbons (Fsp3) is 0.750. The molecule has 5 heteroatoms. The Morgan fingerprint density at radius 2 is 1.64 bits per heavy atom. The molecule has 2 aliphatic rings. The summed E-state index contributed by atoms with van der Waals surface area (Å²) in [5.41, 5.74) is 0. The van der Waals surface area contributed by atoms with Crippen LogP contribution in [-0.2, 0) is 24.0 Å². The van der Waals surface area contributed by atoms with E-state index in [1.807, 2.05) is 0 Å². The van der Waals surface area contributed by atoms with Gasteiger partial charge in [-0.05, 0) is 44.4 Å². The van der Waals surface area contributed by atoms with Crippen LogP contribution in [0.4, 0.5) is 0 Å². The zero-order valence-corrected chi connectivity index (χ0v) is 15.1. The predicted molar refractivity (Wildman–Crippen MR) is 92.0 cm³/mol. The summed E-state index contributed by atoms with van der Waals surface area (Å²) < 4.78 is 0. The highest BCUT2D eigenvalue weighted by atomic mass is 16.2. The molecule has 5 nitrogen and oxygen atoms in total. The first-order chi connectivity index (χ1) is 11.9. The van der Waals surface area contributed by atoms with E-state index in [1.165, 1.54) is 6.92 Å². The van der Waals surface area contributed by atoms with Crippen molar-refractivity contribution in [3.8, 4) is 0 Å². The molecule has 0 bridgehead atoms. The third kappa shape index (κ3) is 5.68. The normalized spacial score (nSPS) is 28.1. The number of Topliss-reactive ketones (excluding diaryl/α,β-unsaturated/α-hetero) is 5. The molecule has 2 saturated carbocycles. The number of hydrogen-bond donors (Lipinski definition) is 0. The van der Waals surface area contributed by atoms with Crippen molar-refractivity contribution >= 4 is 28.9 Å². The van der Waals surface area contributed by atoms with Gasteiger partial charge in [0.25, 0.3) is 0 Å². The van der Waals surface area contributed by atoms with Crippen LogP contribution in [0, 0.1) is 17.8 Å². The molecule has 0 spiro atoms. The molecule has 0 amide bonds. The summed E-state index contributed by atoms with van der Waals surface area (Å²) in [6, 6.07) is 0. The van der Waals surface area contributed by atoms with Gasteiger partial charge in [-0.25, -0.2) is 0 Å². The van der Waals surface area contributed by atoms with Crippen molar-refractivity contribution in [3.63, 3.8) is 0 Å². The average Bonchev–Trinajstić information content (AvgIpc) is 2.60. The average molecular weight is 348 g/mol. The van der Waals surface area contributed by atoms with Crippen LogP contribution < -0.4 is 0 Å². The number of rotatable bonds is 5. The van der Waals surface area contributed by atoms with Gasteiger partial charge in [-0.1, -0.05) is 0 Å². The van der Waals surface area contributed by atoms with Crippen LogP contribution in [0.25, 0.3) is 0 Å². The van der Waals surface area contributed by atoms with Gasteiger partial charge in [-0.2, -0.15) is 0 Å². The minimum Gasteiger partial charge on any atom is -0.300 e. The van der Waals surface area contributed by atoms with Crippen molar-refractivity contribution in [2.75, 3.05) is 0 Å². The fourth-order valence-electron chi connectivity index (χ4n) is 4.19. The van der Waals surface area contributed by atoms with Crippen molar-refractivity contribution in [2.45, 2.75) is 77.6 Å². The van der Waals surface area contributed by atoms with Crippen LogP contribution in [0.2, 0.25) is 0 Å². The highest BCUT2D eigenvalue weighted by Gasteiger charge is 2.37. The molecule has 2 aliphatic carbocycles. The Bertz CT molecular complexity index is 562. The largest absolute Gasteiger partial charge is 0.300 e. The molecule has 2 rings (SSSR count). The van der Waals surface area contributed by atoms with Gasteiger partial charge in [-0.15, -0.1) is 0 Å². The zero-order chi connectivity index (χ0) is 18.4. The van der Waals surface area contributed by atoms with Crippen LogP contribution >= 0.6 is 0 Å². The maximum absolute atomic E-state index is 12.5. The number of fused-ring (bicyclic) bond motifs is 1. The van der Waals surface area contributed by atoms with Crippen molar-refractivity contribution in [2.24, 2.45) is 17.8 Å². The lowest BCUT2D eigenvalue weighted by atomic mass is 9.68. The van der Waals surface area contributed by atoms with Crippen molar-refractivity contribution in [3.05, 3.63) is 0 Å². The number of hydrogen-bond acceptors (Lipinski definition) is 5. The molecule has 25 heavy (non-hydrogen) atoms. The van der Waals surface area contributed by atoms with E-state index in [0.717, 1.165) is 12.8 Å². The first kappa shape index (κ1) is 19.7. The topological polar surface area (TPSA) is 85.3 Å². The number of carbonyl (C=O) groups excluding carboxylic acids is 5. The Labute approximate surface area is 148 Å². The molecule has 0 radical (unpaired) electrons. The maximum atomic E-state index is 12.5. The third-order valence-electron chi connectivity index (χ3n) is 5.77. The van der Waals surface area contributed by atoms with E-state index >= 15 is 0 Å². The van der Waals surface area contributed by atoms with Crippen LogP contribution in [-0.4, -0.2) is 28.9 Å². The molecule has 138 valence electrons. The number of carbonyl (C=O) groups is 5. The van der Waals surface area contributed by atoms with E-state index < -0.39 is 11.6 Å².